The lowest BCUT2D eigenvalue weighted by molar-refractivity contribution is -0.122. The zero-order valence-corrected chi connectivity index (χ0v) is 16.0. The molecule has 0 saturated carbocycles. The van der Waals surface area contributed by atoms with E-state index < -0.39 is 0 Å². The van der Waals surface area contributed by atoms with Crippen molar-refractivity contribution in [3.05, 3.63) is 71.3 Å². The summed E-state index contributed by atoms with van der Waals surface area (Å²) in [5.41, 5.74) is 3.22. The van der Waals surface area contributed by atoms with E-state index in [1.54, 1.807) is 0 Å². The van der Waals surface area contributed by atoms with Crippen LogP contribution in [0.4, 0.5) is 0 Å². The summed E-state index contributed by atoms with van der Waals surface area (Å²) in [5.74, 6) is 1.98. The van der Waals surface area contributed by atoms with Gasteiger partial charge in [0.05, 0.1) is 12.2 Å². The summed E-state index contributed by atoms with van der Waals surface area (Å²) in [6.07, 6.45) is 0. The van der Waals surface area contributed by atoms with Crippen molar-refractivity contribution in [3.63, 3.8) is 0 Å². The van der Waals surface area contributed by atoms with E-state index in [0.29, 0.717) is 24.7 Å². The maximum atomic E-state index is 11.9. The van der Waals surface area contributed by atoms with E-state index in [2.05, 4.69) is 28.7 Å². The van der Waals surface area contributed by atoms with E-state index in [1.165, 1.54) is 5.56 Å². The minimum atomic E-state index is -0.250. The number of para-hydroxylation sites is 1. The highest BCUT2D eigenvalue weighted by molar-refractivity contribution is 5.79. The van der Waals surface area contributed by atoms with Crippen molar-refractivity contribution in [2.75, 3.05) is 13.1 Å². The molecule has 1 atom stereocenters. The summed E-state index contributed by atoms with van der Waals surface area (Å²) in [5, 5.41) is 10.8. The molecule has 0 radical (unpaired) electrons. The molecule has 4 rings (SSSR count). The van der Waals surface area contributed by atoms with Gasteiger partial charge in [-0.1, -0.05) is 35.9 Å². The fourth-order valence-electron chi connectivity index (χ4n) is 3.32. The third kappa shape index (κ3) is 3.89. The van der Waals surface area contributed by atoms with Crippen LogP contribution in [-0.4, -0.2) is 33.8 Å². The molecule has 1 aliphatic heterocycles. The van der Waals surface area contributed by atoms with Crippen LogP contribution in [0.3, 0.4) is 0 Å². The number of hydrogen-bond acceptors (Lipinski definition) is 5. The van der Waals surface area contributed by atoms with Crippen LogP contribution in [0.2, 0.25) is 0 Å². The van der Waals surface area contributed by atoms with Crippen molar-refractivity contribution in [2.24, 2.45) is 0 Å². The molecule has 2 N–H and O–H groups in total. The Kier molecular flexibility index (Phi) is 5.08. The normalized spacial score (nSPS) is 16.6. The molecule has 1 aromatic heterocycles. The van der Waals surface area contributed by atoms with Crippen molar-refractivity contribution in [3.8, 4) is 11.4 Å². The third-order valence-corrected chi connectivity index (χ3v) is 4.65. The molecular formula is C21H23N5O2. The molecule has 1 saturated heterocycles. The highest BCUT2D eigenvalue weighted by Crippen LogP contribution is 2.22. The van der Waals surface area contributed by atoms with Crippen LogP contribution < -0.4 is 15.4 Å². The molecule has 144 valence electrons. The number of carbonyl (C=O) groups is 1. The van der Waals surface area contributed by atoms with Gasteiger partial charge < -0.3 is 15.4 Å². The summed E-state index contributed by atoms with van der Waals surface area (Å²) >= 11 is 0. The Morgan fingerprint density at radius 3 is 2.75 bits per heavy atom. The van der Waals surface area contributed by atoms with Gasteiger partial charge in [0.2, 0.25) is 5.91 Å². The highest BCUT2D eigenvalue weighted by Gasteiger charge is 2.26. The van der Waals surface area contributed by atoms with Gasteiger partial charge in [0.1, 0.15) is 18.4 Å². The van der Waals surface area contributed by atoms with Crippen molar-refractivity contribution in [2.45, 2.75) is 26.5 Å². The van der Waals surface area contributed by atoms with Crippen LogP contribution in [0.25, 0.3) is 5.69 Å². The fraction of sp³-hybridized carbons (Fsp3) is 0.286. The van der Waals surface area contributed by atoms with Gasteiger partial charge in [0, 0.05) is 6.54 Å². The number of nitrogens with one attached hydrogen (secondary N) is 2. The number of benzene rings is 2. The molecule has 1 unspecified atom stereocenters. The lowest BCUT2D eigenvalue weighted by Crippen LogP contribution is -2.47. The van der Waals surface area contributed by atoms with Crippen LogP contribution >= 0.6 is 0 Å². The van der Waals surface area contributed by atoms with E-state index in [-0.39, 0.29) is 18.6 Å². The van der Waals surface area contributed by atoms with E-state index in [1.807, 2.05) is 54.1 Å². The first-order chi connectivity index (χ1) is 13.6. The second-order valence-corrected chi connectivity index (χ2v) is 6.94. The number of rotatable bonds is 5. The minimum absolute atomic E-state index is 0.0477. The summed E-state index contributed by atoms with van der Waals surface area (Å²) < 4.78 is 7.63. The van der Waals surface area contributed by atoms with Crippen LogP contribution in [0.5, 0.6) is 5.75 Å². The van der Waals surface area contributed by atoms with Gasteiger partial charge in [-0.25, -0.2) is 9.67 Å². The minimum Gasteiger partial charge on any atom is -0.486 e. The molecule has 1 fully saturated rings. The first-order valence-electron chi connectivity index (χ1n) is 9.31. The largest absolute Gasteiger partial charge is 0.486 e. The standard InChI is InChI=1S/C21H23N5O2/c1-14-8-9-18(15(2)10-14)26-21(17-11-22-12-20(27)23-17)24-19(25-26)13-28-16-6-4-3-5-7-16/h3-10,17,22H,11-13H2,1-2H3,(H,23,27). The Balaban J connectivity index is 1.68. The highest BCUT2D eigenvalue weighted by atomic mass is 16.5. The monoisotopic (exact) mass is 377 g/mol. The van der Waals surface area contributed by atoms with Crippen molar-refractivity contribution < 1.29 is 9.53 Å². The van der Waals surface area contributed by atoms with Gasteiger partial charge in [-0.3, -0.25) is 4.79 Å². The zero-order chi connectivity index (χ0) is 19.5. The molecule has 28 heavy (non-hydrogen) atoms. The lowest BCUT2D eigenvalue weighted by Gasteiger charge is -2.24. The van der Waals surface area contributed by atoms with Gasteiger partial charge in [0.15, 0.2) is 11.6 Å². The molecule has 1 amide bonds. The van der Waals surface area contributed by atoms with E-state index in [4.69, 9.17) is 9.72 Å². The predicted molar refractivity (Wildman–Crippen MR) is 105 cm³/mol. The quantitative estimate of drug-likeness (QED) is 0.713. The Labute approximate surface area is 163 Å². The van der Waals surface area contributed by atoms with Crippen LogP contribution in [0.15, 0.2) is 48.5 Å². The van der Waals surface area contributed by atoms with Gasteiger partial charge in [-0.15, -0.1) is 5.10 Å². The van der Waals surface area contributed by atoms with Gasteiger partial charge >= 0.3 is 0 Å². The second kappa shape index (κ2) is 7.82. The third-order valence-electron chi connectivity index (χ3n) is 4.65. The topological polar surface area (TPSA) is 81.1 Å². The zero-order valence-electron chi connectivity index (χ0n) is 16.0. The van der Waals surface area contributed by atoms with Crippen LogP contribution in [-0.2, 0) is 11.4 Å². The molecule has 1 aliphatic rings. The number of ether oxygens (including phenoxy) is 1. The average molecular weight is 377 g/mol. The SMILES string of the molecule is Cc1ccc(-n2nc(COc3ccccc3)nc2C2CNCC(=O)N2)c(C)c1. The Hall–Kier alpha value is -3.19. The molecule has 2 aromatic carbocycles. The Morgan fingerprint density at radius 1 is 1.18 bits per heavy atom. The van der Waals surface area contributed by atoms with Crippen molar-refractivity contribution in [1.82, 2.24) is 25.4 Å². The van der Waals surface area contributed by atoms with Gasteiger partial charge in [-0.05, 0) is 37.6 Å². The molecular weight excluding hydrogens is 354 g/mol. The first kappa shape index (κ1) is 18.2. The number of carbonyl (C=O) groups excluding carboxylic acids is 1. The Morgan fingerprint density at radius 2 is 2.00 bits per heavy atom. The van der Waals surface area contributed by atoms with Crippen LogP contribution in [0, 0.1) is 13.8 Å². The second-order valence-electron chi connectivity index (χ2n) is 6.94. The summed E-state index contributed by atoms with van der Waals surface area (Å²) in [4.78, 5) is 16.6. The van der Waals surface area contributed by atoms with Crippen molar-refractivity contribution >= 4 is 5.91 Å². The van der Waals surface area contributed by atoms with Gasteiger partial charge in [0.25, 0.3) is 0 Å². The van der Waals surface area contributed by atoms with E-state index in [0.717, 1.165) is 17.0 Å². The molecule has 7 heteroatoms. The van der Waals surface area contributed by atoms with Gasteiger partial charge in [-0.2, -0.15) is 0 Å². The van der Waals surface area contributed by atoms with E-state index in [9.17, 15) is 4.79 Å². The summed E-state index contributed by atoms with van der Waals surface area (Å²) in [6.45, 7) is 5.28. The number of amides is 1. The maximum absolute atomic E-state index is 11.9. The number of aromatic nitrogens is 3. The first-order valence-corrected chi connectivity index (χ1v) is 9.31. The summed E-state index contributed by atoms with van der Waals surface area (Å²) in [7, 11) is 0. The maximum Gasteiger partial charge on any atom is 0.234 e. The van der Waals surface area contributed by atoms with Crippen molar-refractivity contribution in [1.29, 1.82) is 0 Å². The Bertz CT molecular complexity index is 984. The molecule has 2 heterocycles. The number of aryl methyl sites for hydroxylation is 2. The number of piperazine rings is 1. The smallest absolute Gasteiger partial charge is 0.234 e. The molecule has 0 spiro atoms. The number of nitrogens with zero attached hydrogens (tertiary/aromatic N) is 3. The molecule has 3 aromatic rings. The molecule has 0 aliphatic carbocycles. The lowest BCUT2D eigenvalue weighted by atomic mass is 10.1. The molecule has 7 nitrogen and oxygen atoms in total. The molecule has 0 bridgehead atoms. The average Bonchev–Trinajstić information content (AvgIpc) is 3.11. The van der Waals surface area contributed by atoms with E-state index >= 15 is 0 Å². The number of hydrogen-bond donors (Lipinski definition) is 2. The fourth-order valence-corrected chi connectivity index (χ4v) is 3.32. The summed E-state index contributed by atoms with van der Waals surface area (Å²) in [6, 6.07) is 15.5. The predicted octanol–water partition coefficient (Wildman–Crippen LogP) is 2.22. The van der Waals surface area contributed by atoms with Crippen LogP contribution in [0.1, 0.15) is 28.8 Å².